The second-order valence-corrected chi connectivity index (χ2v) is 7.82. The van der Waals surface area contributed by atoms with Gasteiger partial charge in [0.25, 0.3) is 0 Å². The molecule has 2 aliphatic rings. The summed E-state index contributed by atoms with van der Waals surface area (Å²) in [7, 11) is 0. The van der Waals surface area contributed by atoms with Gasteiger partial charge in [-0.25, -0.2) is 4.79 Å². The van der Waals surface area contributed by atoms with E-state index in [1.54, 1.807) is 18.2 Å². The summed E-state index contributed by atoms with van der Waals surface area (Å²) < 4.78 is 0. The highest BCUT2D eigenvalue weighted by Gasteiger charge is 2.46. The molecule has 2 aromatic carbocycles. The van der Waals surface area contributed by atoms with E-state index in [2.05, 4.69) is 0 Å². The number of amides is 1. The SMILES string of the molecule is O=C(O)c1ccc2c(c1)CN(C(=O)C1CC1c1cc(Cl)cc(Cl)c1)CC2. The summed E-state index contributed by atoms with van der Waals surface area (Å²) in [5, 5.41) is 10.3. The monoisotopic (exact) mass is 389 g/mol. The van der Waals surface area contributed by atoms with Crippen molar-refractivity contribution in [1.29, 1.82) is 0 Å². The number of hydrogen-bond acceptors (Lipinski definition) is 2. The second kappa shape index (κ2) is 6.60. The van der Waals surface area contributed by atoms with Gasteiger partial charge in [0.15, 0.2) is 0 Å². The predicted octanol–water partition coefficient (Wildman–Crippen LogP) is 4.38. The zero-order chi connectivity index (χ0) is 18.4. The van der Waals surface area contributed by atoms with Gasteiger partial charge in [-0.15, -0.1) is 0 Å². The first kappa shape index (κ1) is 17.4. The third-order valence-electron chi connectivity index (χ3n) is 5.20. The number of halogens is 2. The van der Waals surface area contributed by atoms with Gasteiger partial charge in [0.2, 0.25) is 5.91 Å². The lowest BCUT2D eigenvalue weighted by molar-refractivity contribution is -0.133. The summed E-state index contributed by atoms with van der Waals surface area (Å²) >= 11 is 12.1. The summed E-state index contributed by atoms with van der Waals surface area (Å²) in [5.74, 6) is -0.715. The molecule has 1 saturated carbocycles. The number of carboxylic acid groups (broad SMARTS) is 1. The highest BCUT2D eigenvalue weighted by molar-refractivity contribution is 6.34. The minimum atomic E-state index is -0.948. The maximum Gasteiger partial charge on any atom is 0.335 e. The van der Waals surface area contributed by atoms with Gasteiger partial charge >= 0.3 is 5.97 Å². The Hall–Kier alpha value is -2.04. The summed E-state index contributed by atoms with van der Waals surface area (Å²) in [6, 6.07) is 10.6. The summed E-state index contributed by atoms with van der Waals surface area (Å²) in [5.41, 5.74) is 3.31. The molecular weight excluding hydrogens is 373 g/mol. The number of carbonyl (C=O) groups excluding carboxylic acids is 1. The number of carboxylic acids is 1. The Morgan fingerprint density at radius 2 is 1.77 bits per heavy atom. The first-order valence-electron chi connectivity index (χ1n) is 8.52. The molecule has 1 N–H and O–H groups in total. The van der Waals surface area contributed by atoms with E-state index in [9.17, 15) is 9.59 Å². The molecule has 1 fully saturated rings. The van der Waals surface area contributed by atoms with Crippen LogP contribution in [0.15, 0.2) is 36.4 Å². The molecule has 0 aromatic heterocycles. The number of rotatable bonds is 3. The fourth-order valence-corrected chi connectivity index (χ4v) is 4.28. The Bertz CT molecular complexity index is 892. The largest absolute Gasteiger partial charge is 0.478 e. The van der Waals surface area contributed by atoms with Gasteiger partial charge in [-0.05, 0) is 65.8 Å². The van der Waals surface area contributed by atoms with E-state index in [4.69, 9.17) is 28.3 Å². The number of fused-ring (bicyclic) bond motifs is 1. The first-order chi connectivity index (χ1) is 12.4. The van der Waals surface area contributed by atoms with Crippen LogP contribution in [0.2, 0.25) is 10.0 Å². The van der Waals surface area contributed by atoms with Crippen LogP contribution in [0.25, 0.3) is 0 Å². The van der Waals surface area contributed by atoms with Crippen LogP contribution in [0.3, 0.4) is 0 Å². The molecule has 0 radical (unpaired) electrons. The molecule has 2 unspecified atom stereocenters. The minimum Gasteiger partial charge on any atom is -0.478 e. The zero-order valence-electron chi connectivity index (χ0n) is 13.9. The van der Waals surface area contributed by atoms with Gasteiger partial charge < -0.3 is 10.0 Å². The molecule has 0 saturated heterocycles. The highest BCUT2D eigenvalue weighted by Crippen LogP contribution is 2.49. The van der Waals surface area contributed by atoms with Crippen molar-refractivity contribution in [2.75, 3.05) is 6.54 Å². The molecule has 1 amide bonds. The molecule has 0 spiro atoms. The summed E-state index contributed by atoms with van der Waals surface area (Å²) in [6.07, 6.45) is 1.55. The molecule has 0 bridgehead atoms. The Morgan fingerprint density at radius 1 is 1.04 bits per heavy atom. The number of nitrogens with zero attached hydrogens (tertiary/aromatic N) is 1. The molecule has 1 heterocycles. The van der Waals surface area contributed by atoms with Crippen molar-refractivity contribution in [3.05, 3.63) is 68.7 Å². The molecular formula is C20H17Cl2NO3. The third kappa shape index (κ3) is 3.31. The van der Waals surface area contributed by atoms with Crippen LogP contribution in [0.5, 0.6) is 0 Å². The number of carbonyl (C=O) groups is 2. The van der Waals surface area contributed by atoms with Crippen molar-refractivity contribution >= 4 is 35.1 Å². The van der Waals surface area contributed by atoms with Crippen LogP contribution in [0, 0.1) is 5.92 Å². The van der Waals surface area contributed by atoms with E-state index in [1.807, 2.05) is 23.1 Å². The fraction of sp³-hybridized carbons (Fsp3) is 0.300. The second-order valence-electron chi connectivity index (χ2n) is 6.95. The van der Waals surface area contributed by atoms with Crippen LogP contribution >= 0.6 is 23.2 Å². The Morgan fingerprint density at radius 3 is 2.46 bits per heavy atom. The van der Waals surface area contributed by atoms with Gasteiger partial charge in [-0.3, -0.25) is 4.79 Å². The van der Waals surface area contributed by atoms with Crippen molar-refractivity contribution in [3.63, 3.8) is 0 Å². The van der Waals surface area contributed by atoms with E-state index in [0.29, 0.717) is 23.1 Å². The average Bonchev–Trinajstić information content (AvgIpc) is 3.40. The van der Waals surface area contributed by atoms with Gasteiger partial charge in [0.1, 0.15) is 0 Å². The van der Waals surface area contributed by atoms with E-state index in [-0.39, 0.29) is 23.3 Å². The van der Waals surface area contributed by atoms with Crippen LogP contribution < -0.4 is 0 Å². The lowest BCUT2D eigenvalue weighted by Gasteiger charge is -2.29. The first-order valence-corrected chi connectivity index (χ1v) is 9.28. The van der Waals surface area contributed by atoms with E-state index in [1.165, 1.54) is 0 Å². The zero-order valence-corrected chi connectivity index (χ0v) is 15.4. The van der Waals surface area contributed by atoms with E-state index >= 15 is 0 Å². The standard InChI is InChI=1S/C20H17Cl2NO3/c21-15-6-13(7-16(22)8-15)17-9-18(17)19(24)23-4-3-11-1-2-12(20(25)26)5-14(11)10-23/h1-2,5-8,17-18H,3-4,9-10H2,(H,25,26). The molecule has 2 aromatic rings. The van der Waals surface area contributed by atoms with Crippen LogP contribution in [-0.2, 0) is 17.8 Å². The molecule has 6 heteroatoms. The van der Waals surface area contributed by atoms with Crippen LogP contribution in [0.4, 0.5) is 0 Å². The molecule has 4 rings (SSSR count). The van der Waals surface area contributed by atoms with Crippen molar-refractivity contribution in [2.45, 2.75) is 25.3 Å². The minimum absolute atomic E-state index is 0.0475. The van der Waals surface area contributed by atoms with Gasteiger partial charge in [0, 0.05) is 29.1 Å². The highest BCUT2D eigenvalue weighted by atomic mass is 35.5. The third-order valence-corrected chi connectivity index (χ3v) is 5.63. The summed E-state index contributed by atoms with van der Waals surface area (Å²) in [4.78, 5) is 25.9. The number of benzene rings is 2. The number of aromatic carboxylic acids is 1. The lowest BCUT2D eigenvalue weighted by atomic mass is 9.97. The maximum absolute atomic E-state index is 12.9. The van der Waals surface area contributed by atoms with Crippen LogP contribution in [0.1, 0.15) is 39.4 Å². The van der Waals surface area contributed by atoms with Crippen molar-refractivity contribution in [1.82, 2.24) is 4.90 Å². The summed E-state index contributed by atoms with van der Waals surface area (Å²) in [6.45, 7) is 1.13. The maximum atomic E-state index is 12.9. The van der Waals surface area contributed by atoms with Gasteiger partial charge in [0.05, 0.1) is 5.56 Å². The average molecular weight is 390 g/mol. The van der Waals surface area contributed by atoms with Crippen LogP contribution in [-0.4, -0.2) is 28.4 Å². The molecule has 1 aliphatic heterocycles. The molecule has 1 aliphatic carbocycles. The molecule has 26 heavy (non-hydrogen) atoms. The Labute approximate surface area is 161 Å². The lowest BCUT2D eigenvalue weighted by Crippen LogP contribution is -2.37. The van der Waals surface area contributed by atoms with E-state index in [0.717, 1.165) is 29.5 Å². The van der Waals surface area contributed by atoms with Crippen molar-refractivity contribution in [3.8, 4) is 0 Å². The molecule has 134 valence electrons. The predicted molar refractivity (Wildman–Crippen MR) is 99.8 cm³/mol. The fourth-order valence-electron chi connectivity index (χ4n) is 3.74. The quantitative estimate of drug-likeness (QED) is 0.846. The molecule has 4 nitrogen and oxygen atoms in total. The Kier molecular flexibility index (Phi) is 4.41. The smallest absolute Gasteiger partial charge is 0.335 e. The normalized spacial score (nSPS) is 21.2. The topological polar surface area (TPSA) is 57.6 Å². The van der Waals surface area contributed by atoms with Crippen molar-refractivity contribution < 1.29 is 14.7 Å². The van der Waals surface area contributed by atoms with E-state index < -0.39 is 5.97 Å². The Balaban J connectivity index is 1.48. The van der Waals surface area contributed by atoms with Crippen molar-refractivity contribution in [2.24, 2.45) is 5.92 Å². The molecule has 2 atom stereocenters. The van der Waals surface area contributed by atoms with Gasteiger partial charge in [-0.2, -0.15) is 0 Å². The number of hydrogen-bond donors (Lipinski definition) is 1. The van der Waals surface area contributed by atoms with Gasteiger partial charge in [-0.1, -0.05) is 29.3 Å².